The fourth-order valence-electron chi connectivity index (χ4n) is 1.77. The van der Waals surface area contributed by atoms with Gasteiger partial charge in [-0.2, -0.15) is 22.8 Å². The summed E-state index contributed by atoms with van der Waals surface area (Å²) in [5.74, 6) is -1.16. The van der Waals surface area contributed by atoms with Crippen molar-refractivity contribution in [3.05, 3.63) is 47.2 Å². The predicted molar refractivity (Wildman–Crippen MR) is 66.2 cm³/mol. The summed E-state index contributed by atoms with van der Waals surface area (Å²) in [5, 5.41) is 11.0. The lowest BCUT2D eigenvalue weighted by atomic mass is 10.1. The summed E-state index contributed by atoms with van der Waals surface area (Å²) in [7, 11) is 0. The fraction of sp³-hybridized carbons (Fsp3) is 0.0833. The molecule has 0 N–H and O–H groups in total. The van der Waals surface area contributed by atoms with Gasteiger partial charge in [-0.05, 0) is 24.3 Å². The molecule has 8 heteroatoms. The van der Waals surface area contributed by atoms with Crippen LogP contribution >= 0.6 is 11.6 Å². The van der Waals surface area contributed by atoms with E-state index in [0.29, 0.717) is 20.8 Å². The number of fused-ring (bicyclic) bond motifs is 1. The van der Waals surface area contributed by atoms with E-state index in [0.717, 1.165) is 0 Å². The fourth-order valence-corrected chi connectivity index (χ4v) is 1.96. The highest BCUT2D eigenvalue weighted by Crippen LogP contribution is 2.28. The van der Waals surface area contributed by atoms with Crippen molar-refractivity contribution in [2.45, 2.75) is 6.18 Å². The maximum absolute atomic E-state index is 12.8. The van der Waals surface area contributed by atoms with Crippen molar-refractivity contribution < 1.29 is 13.2 Å². The molecule has 3 aromatic rings. The first kappa shape index (κ1) is 12.9. The van der Waals surface area contributed by atoms with Gasteiger partial charge in [-0.15, -0.1) is 10.2 Å². The van der Waals surface area contributed by atoms with Crippen molar-refractivity contribution in [1.82, 2.24) is 19.8 Å². The van der Waals surface area contributed by atoms with E-state index in [1.165, 1.54) is 6.07 Å². The molecule has 0 spiro atoms. The van der Waals surface area contributed by atoms with Gasteiger partial charge in [-0.25, -0.2) is 0 Å². The molecule has 0 aliphatic rings. The van der Waals surface area contributed by atoms with Crippen LogP contribution in [0.1, 0.15) is 5.82 Å². The van der Waals surface area contributed by atoms with Gasteiger partial charge in [-0.1, -0.05) is 23.7 Å². The van der Waals surface area contributed by atoms with E-state index in [-0.39, 0.29) is 5.65 Å². The summed E-state index contributed by atoms with van der Waals surface area (Å²) < 4.78 is 39.0. The molecule has 0 bridgehead atoms. The monoisotopic (exact) mass is 298 g/mol. The molecule has 0 aliphatic carbocycles. The van der Waals surface area contributed by atoms with E-state index in [1.54, 1.807) is 30.3 Å². The summed E-state index contributed by atoms with van der Waals surface area (Å²) in [6.07, 6.45) is -4.61. The zero-order valence-corrected chi connectivity index (χ0v) is 10.5. The minimum Gasteiger partial charge on any atom is -0.188 e. The van der Waals surface area contributed by atoms with Crippen molar-refractivity contribution in [2.24, 2.45) is 0 Å². The minimum absolute atomic E-state index is 0.0307. The number of nitrogens with zero attached hydrogens (tertiary/aromatic N) is 4. The van der Waals surface area contributed by atoms with Crippen LogP contribution in [-0.4, -0.2) is 19.8 Å². The first-order valence-corrected chi connectivity index (χ1v) is 5.88. The third kappa shape index (κ3) is 2.20. The molecule has 0 saturated carbocycles. The summed E-state index contributed by atoms with van der Waals surface area (Å²) >= 11 is 5.86. The number of aromatic nitrogens is 4. The Kier molecular flexibility index (Phi) is 2.86. The van der Waals surface area contributed by atoms with Gasteiger partial charge >= 0.3 is 6.18 Å². The normalized spacial score (nSPS) is 12.0. The van der Waals surface area contributed by atoms with Crippen molar-refractivity contribution in [3.63, 3.8) is 0 Å². The summed E-state index contributed by atoms with van der Waals surface area (Å²) in [6, 6.07) is 9.68. The highest BCUT2D eigenvalue weighted by atomic mass is 35.5. The molecule has 0 saturated heterocycles. The molecule has 20 heavy (non-hydrogen) atoms. The van der Waals surface area contributed by atoms with Gasteiger partial charge in [0.05, 0.1) is 5.69 Å². The highest BCUT2D eigenvalue weighted by molar-refractivity contribution is 6.30. The summed E-state index contributed by atoms with van der Waals surface area (Å²) in [6.45, 7) is 0. The first-order valence-electron chi connectivity index (χ1n) is 5.51. The van der Waals surface area contributed by atoms with Crippen molar-refractivity contribution in [3.8, 4) is 11.3 Å². The van der Waals surface area contributed by atoms with Crippen LogP contribution < -0.4 is 0 Å². The second-order valence-electron chi connectivity index (χ2n) is 4.02. The van der Waals surface area contributed by atoms with Gasteiger partial charge < -0.3 is 0 Å². The lowest BCUT2D eigenvalue weighted by Gasteiger charge is -2.05. The number of halogens is 4. The second-order valence-corrected chi connectivity index (χ2v) is 4.46. The summed E-state index contributed by atoms with van der Waals surface area (Å²) in [5.41, 5.74) is 0.995. The number of hydrogen-bond donors (Lipinski definition) is 0. The van der Waals surface area contributed by atoms with E-state index >= 15 is 0 Å². The Morgan fingerprint density at radius 3 is 2.55 bits per heavy atom. The first-order chi connectivity index (χ1) is 9.45. The standard InChI is InChI=1S/C12H6ClF3N4/c13-8-3-1-2-7(6-8)9-4-5-10-17-18-11(12(14,15)16)20(10)19-9/h1-6H. The van der Waals surface area contributed by atoms with E-state index < -0.39 is 12.0 Å². The van der Waals surface area contributed by atoms with E-state index in [2.05, 4.69) is 15.3 Å². The van der Waals surface area contributed by atoms with Crippen LogP contribution in [0, 0.1) is 0 Å². The lowest BCUT2D eigenvalue weighted by molar-refractivity contribution is -0.146. The van der Waals surface area contributed by atoms with E-state index in [1.807, 2.05) is 0 Å². The molecule has 0 fully saturated rings. The van der Waals surface area contributed by atoms with Crippen molar-refractivity contribution >= 4 is 17.2 Å². The van der Waals surface area contributed by atoms with Gasteiger partial charge in [0.25, 0.3) is 5.82 Å². The highest BCUT2D eigenvalue weighted by Gasteiger charge is 2.37. The average Bonchev–Trinajstić information content (AvgIpc) is 2.81. The molecule has 0 amide bonds. The van der Waals surface area contributed by atoms with Crippen LogP contribution in [0.5, 0.6) is 0 Å². The van der Waals surface area contributed by atoms with Crippen LogP contribution in [0.25, 0.3) is 16.9 Å². The smallest absolute Gasteiger partial charge is 0.188 e. The SMILES string of the molecule is FC(F)(F)c1nnc2ccc(-c3cccc(Cl)c3)nn12. The second kappa shape index (κ2) is 4.45. The quantitative estimate of drug-likeness (QED) is 0.691. The molecule has 102 valence electrons. The molecule has 4 nitrogen and oxygen atoms in total. The van der Waals surface area contributed by atoms with Gasteiger partial charge in [0, 0.05) is 10.6 Å². The third-order valence-electron chi connectivity index (χ3n) is 2.64. The van der Waals surface area contributed by atoms with Gasteiger partial charge in [0.15, 0.2) is 5.65 Å². The van der Waals surface area contributed by atoms with Crippen LogP contribution in [0.15, 0.2) is 36.4 Å². The maximum atomic E-state index is 12.8. The average molecular weight is 299 g/mol. The molecule has 0 radical (unpaired) electrons. The number of rotatable bonds is 1. The van der Waals surface area contributed by atoms with E-state index in [4.69, 9.17) is 11.6 Å². The maximum Gasteiger partial charge on any atom is 0.453 e. The molecular weight excluding hydrogens is 293 g/mol. The van der Waals surface area contributed by atoms with Crippen molar-refractivity contribution in [2.75, 3.05) is 0 Å². The third-order valence-corrected chi connectivity index (χ3v) is 2.87. The number of alkyl halides is 3. The molecule has 0 unspecified atom stereocenters. The molecule has 2 heterocycles. The summed E-state index contributed by atoms with van der Waals surface area (Å²) in [4.78, 5) is 0. The largest absolute Gasteiger partial charge is 0.453 e. The zero-order chi connectivity index (χ0) is 14.3. The Morgan fingerprint density at radius 2 is 1.85 bits per heavy atom. The van der Waals surface area contributed by atoms with Crippen LogP contribution in [0.2, 0.25) is 5.02 Å². The predicted octanol–water partition coefficient (Wildman–Crippen LogP) is 3.46. The van der Waals surface area contributed by atoms with Gasteiger partial charge in [0.1, 0.15) is 0 Å². The minimum atomic E-state index is -4.61. The van der Waals surface area contributed by atoms with Crippen LogP contribution in [0.3, 0.4) is 0 Å². The molecular formula is C12H6ClF3N4. The number of hydrogen-bond acceptors (Lipinski definition) is 3. The lowest BCUT2D eigenvalue weighted by Crippen LogP contribution is -2.12. The van der Waals surface area contributed by atoms with E-state index in [9.17, 15) is 13.2 Å². The molecule has 0 atom stereocenters. The molecule has 1 aromatic carbocycles. The van der Waals surface area contributed by atoms with Crippen molar-refractivity contribution in [1.29, 1.82) is 0 Å². The van der Waals surface area contributed by atoms with Gasteiger partial charge in [-0.3, -0.25) is 0 Å². The van der Waals surface area contributed by atoms with Crippen LogP contribution in [0.4, 0.5) is 13.2 Å². The Morgan fingerprint density at radius 1 is 1.05 bits per heavy atom. The number of benzene rings is 1. The Bertz CT molecular complexity index is 782. The Labute approximate surface area is 115 Å². The van der Waals surface area contributed by atoms with Gasteiger partial charge in [0.2, 0.25) is 0 Å². The Balaban J connectivity index is 2.19. The molecule has 0 aliphatic heterocycles. The Hall–Kier alpha value is -2.15. The molecule has 3 rings (SSSR count). The van der Waals surface area contributed by atoms with Crippen LogP contribution in [-0.2, 0) is 6.18 Å². The topological polar surface area (TPSA) is 43.1 Å². The zero-order valence-electron chi connectivity index (χ0n) is 9.76. The molecule has 2 aromatic heterocycles.